The lowest BCUT2D eigenvalue weighted by atomic mass is 10.0. The summed E-state index contributed by atoms with van der Waals surface area (Å²) in [5.41, 5.74) is 4.88. The van der Waals surface area contributed by atoms with E-state index in [4.69, 9.17) is 0 Å². The number of hydrogen-bond donors (Lipinski definition) is 0. The van der Waals surface area contributed by atoms with Crippen LogP contribution >= 0.6 is 0 Å². The van der Waals surface area contributed by atoms with Crippen LogP contribution in [0.2, 0.25) is 0 Å². The summed E-state index contributed by atoms with van der Waals surface area (Å²) in [5, 5.41) is 0. The smallest absolute Gasteiger partial charge is 0.0367 e. The van der Waals surface area contributed by atoms with Gasteiger partial charge in [0.1, 0.15) is 0 Å². The maximum Gasteiger partial charge on any atom is 0.0367 e. The van der Waals surface area contributed by atoms with E-state index < -0.39 is 0 Å². The zero-order chi connectivity index (χ0) is 16.1. The van der Waals surface area contributed by atoms with E-state index in [-0.39, 0.29) is 0 Å². The second-order valence-electron chi connectivity index (χ2n) is 6.06. The highest BCUT2D eigenvalue weighted by molar-refractivity contribution is 5.68. The largest absolute Gasteiger partial charge is 0.369 e. The summed E-state index contributed by atoms with van der Waals surface area (Å²) in [5.74, 6) is 0. The van der Waals surface area contributed by atoms with Crippen LogP contribution in [0.15, 0.2) is 47.7 Å². The van der Waals surface area contributed by atoms with Crippen molar-refractivity contribution in [2.75, 3.05) is 45.2 Å². The third kappa shape index (κ3) is 3.96. The van der Waals surface area contributed by atoms with Gasteiger partial charge in [-0.05, 0) is 36.4 Å². The zero-order valence-electron chi connectivity index (χ0n) is 13.9. The van der Waals surface area contributed by atoms with Crippen LogP contribution in [0.1, 0.15) is 5.56 Å². The predicted octanol–water partition coefficient (Wildman–Crippen LogP) is 2.74. The molecule has 4 nitrogen and oxygen atoms in total. The van der Waals surface area contributed by atoms with Crippen molar-refractivity contribution < 1.29 is 0 Å². The van der Waals surface area contributed by atoms with Crippen LogP contribution in [0.4, 0.5) is 5.69 Å². The van der Waals surface area contributed by atoms with Crippen molar-refractivity contribution in [2.24, 2.45) is 4.99 Å². The lowest BCUT2D eigenvalue weighted by molar-refractivity contribution is 0.313. The number of nitrogens with zero attached hydrogens (tertiary/aromatic N) is 4. The fourth-order valence-electron chi connectivity index (χ4n) is 2.88. The molecule has 0 aliphatic carbocycles. The monoisotopic (exact) mass is 308 g/mol. The fraction of sp³-hybridized carbons (Fsp3) is 0.368. The minimum absolute atomic E-state index is 0.830. The highest BCUT2D eigenvalue weighted by Gasteiger charge is 2.14. The zero-order valence-corrected chi connectivity index (χ0v) is 13.9. The molecule has 0 saturated carbocycles. The number of anilines is 1. The third-order valence-electron chi connectivity index (χ3n) is 4.37. The van der Waals surface area contributed by atoms with Gasteiger partial charge in [-0.1, -0.05) is 12.1 Å². The Bertz CT molecular complexity index is 655. The summed E-state index contributed by atoms with van der Waals surface area (Å²) in [7, 11) is 3.98. The SMILES string of the molecule is CN=CCc1cncc(-c2ccc(N3CCN(C)CC3)cc2)c1. The lowest BCUT2D eigenvalue weighted by Crippen LogP contribution is -2.44. The van der Waals surface area contributed by atoms with E-state index in [1.807, 2.05) is 18.6 Å². The Morgan fingerprint density at radius 2 is 1.78 bits per heavy atom. The van der Waals surface area contributed by atoms with Crippen LogP contribution in [-0.2, 0) is 6.42 Å². The molecule has 0 bridgehead atoms. The second kappa shape index (κ2) is 7.38. The molecule has 2 heterocycles. The molecule has 0 amide bonds. The van der Waals surface area contributed by atoms with Gasteiger partial charge in [0.25, 0.3) is 0 Å². The van der Waals surface area contributed by atoms with E-state index in [1.165, 1.54) is 16.8 Å². The number of hydrogen-bond acceptors (Lipinski definition) is 4. The number of piperazine rings is 1. The van der Waals surface area contributed by atoms with E-state index in [0.717, 1.165) is 38.2 Å². The van der Waals surface area contributed by atoms with Crippen LogP contribution in [0.5, 0.6) is 0 Å². The standard InChI is InChI=1S/C19H24N4/c1-20-8-7-16-13-18(15-21-14-16)17-3-5-19(6-4-17)23-11-9-22(2)10-12-23/h3-6,8,13-15H,7,9-12H2,1-2H3. The molecule has 1 aromatic heterocycles. The molecule has 0 unspecified atom stereocenters. The van der Waals surface area contributed by atoms with Crippen molar-refractivity contribution in [1.82, 2.24) is 9.88 Å². The van der Waals surface area contributed by atoms with Gasteiger partial charge >= 0.3 is 0 Å². The highest BCUT2D eigenvalue weighted by Crippen LogP contribution is 2.24. The first kappa shape index (κ1) is 15.7. The first-order valence-electron chi connectivity index (χ1n) is 8.15. The summed E-state index contributed by atoms with van der Waals surface area (Å²) in [6.45, 7) is 4.46. The quantitative estimate of drug-likeness (QED) is 0.814. The molecule has 4 heteroatoms. The van der Waals surface area contributed by atoms with Crippen LogP contribution in [0.25, 0.3) is 11.1 Å². The van der Waals surface area contributed by atoms with E-state index in [0.29, 0.717) is 0 Å². The Labute approximate surface area is 138 Å². The molecule has 1 aliphatic rings. The number of aromatic nitrogens is 1. The van der Waals surface area contributed by atoms with E-state index >= 15 is 0 Å². The first-order valence-corrected chi connectivity index (χ1v) is 8.15. The average Bonchev–Trinajstić information content (AvgIpc) is 2.61. The molecule has 0 N–H and O–H groups in total. The summed E-state index contributed by atoms with van der Waals surface area (Å²) < 4.78 is 0. The molecule has 1 aromatic carbocycles. The summed E-state index contributed by atoms with van der Waals surface area (Å²) in [4.78, 5) is 13.2. The minimum Gasteiger partial charge on any atom is -0.369 e. The Kier molecular flexibility index (Phi) is 5.03. The molecule has 0 radical (unpaired) electrons. The molecule has 23 heavy (non-hydrogen) atoms. The van der Waals surface area contributed by atoms with Crippen molar-refractivity contribution in [3.8, 4) is 11.1 Å². The van der Waals surface area contributed by atoms with Crippen molar-refractivity contribution >= 4 is 11.9 Å². The molecule has 0 spiro atoms. The van der Waals surface area contributed by atoms with Crippen molar-refractivity contribution in [1.29, 1.82) is 0 Å². The Morgan fingerprint density at radius 1 is 1.04 bits per heavy atom. The van der Waals surface area contributed by atoms with Gasteiger partial charge in [-0.2, -0.15) is 0 Å². The molecule has 1 aliphatic heterocycles. The van der Waals surface area contributed by atoms with Gasteiger partial charge in [-0.25, -0.2) is 0 Å². The van der Waals surface area contributed by atoms with Gasteiger partial charge in [0, 0.05) is 69.5 Å². The Hall–Kier alpha value is -2.20. The molecule has 1 saturated heterocycles. The average molecular weight is 308 g/mol. The topological polar surface area (TPSA) is 31.7 Å². The first-order chi connectivity index (χ1) is 11.3. The predicted molar refractivity (Wildman–Crippen MR) is 97.5 cm³/mol. The lowest BCUT2D eigenvalue weighted by Gasteiger charge is -2.34. The number of pyridine rings is 1. The van der Waals surface area contributed by atoms with Gasteiger partial charge in [-0.3, -0.25) is 4.98 Å². The second-order valence-corrected chi connectivity index (χ2v) is 6.06. The third-order valence-corrected chi connectivity index (χ3v) is 4.37. The maximum atomic E-state index is 4.36. The molecule has 3 rings (SSSR count). The van der Waals surface area contributed by atoms with Crippen LogP contribution < -0.4 is 4.90 Å². The number of rotatable bonds is 4. The van der Waals surface area contributed by atoms with Gasteiger partial charge in [0.15, 0.2) is 0 Å². The van der Waals surface area contributed by atoms with Crippen molar-refractivity contribution in [3.63, 3.8) is 0 Å². The number of likely N-dealkylation sites (N-methyl/N-ethyl adjacent to an activating group) is 1. The molecule has 1 fully saturated rings. The molecule has 120 valence electrons. The van der Waals surface area contributed by atoms with Gasteiger partial charge in [-0.15, -0.1) is 0 Å². The minimum atomic E-state index is 0.830. The van der Waals surface area contributed by atoms with E-state index in [9.17, 15) is 0 Å². The van der Waals surface area contributed by atoms with E-state index in [2.05, 4.69) is 57.2 Å². The Morgan fingerprint density at radius 3 is 2.48 bits per heavy atom. The normalized spacial score (nSPS) is 16.2. The number of aliphatic imine (C=N–C) groups is 1. The fourth-order valence-corrected chi connectivity index (χ4v) is 2.88. The van der Waals surface area contributed by atoms with Crippen LogP contribution in [-0.4, -0.2) is 56.4 Å². The van der Waals surface area contributed by atoms with E-state index in [1.54, 1.807) is 7.05 Å². The van der Waals surface area contributed by atoms with Crippen LogP contribution in [0, 0.1) is 0 Å². The van der Waals surface area contributed by atoms with Crippen molar-refractivity contribution in [2.45, 2.75) is 6.42 Å². The molecule has 2 aromatic rings. The van der Waals surface area contributed by atoms with Gasteiger partial charge in [0.05, 0.1) is 0 Å². The summed E-state index contributed by atoms with van der Waals surface area (Å²) in [6, 6.07) is 11.0. The summed E-state index contributed by atoms with van der Waals surface area (Å²) >= 11 is 0. The molecule has 0 atom stereocenters. The number of benzene rings is 1. The highest BCUT2D eigenvalue weighted by atomic mass is 15.2. The van der Waals surface area contributed by atoms with Gasteiger partial charge < -0.3 is 14.8 Å². The maximum absolute atomic E-state index is 4.36. The van der Waals surface area contributed by atoms with Crippen molar-refractivity contribution in [3.05, 3.63) is 48.3 Å². The summed E-state index contributed by atoms with van der Waals surface area (Å²) in [6.07, 6.45) is 6.58. The van der Waals surface area contributed by atoms with Crippen LogP contribution in [0.3, 0.4) is 0 Å². The Balaban J connectivity index is 1.74. The molecular weight excluding hydrogens is 284 g/mol. The van der Waals surface area contributed by atoms with Gasteiger partial charge in [0.2, 0.25) is 0 Å². The molecular formula is C19H24N4.